The van der Waals surface area contributed by atoms with Crippen LogP contribution in [0, 0.1) is 25.7 Å². The maximum Gasteiger partial charge on any atom is 0.224 e. The third-order valence-corrected chi connectivity index (χ3v) is 5.23. The van der Waals surface area contributed by atoms with Crippen molar-refractivity contribution >= 4 is 5.91 Å². The molecular weight excluding hydrogens is 288 g/mol. The Balaban J connectivity index is 1.57. The molecule has 1 saturated heterocycles. The predicted octanol–water partition coefficient (Wildman–Crippen LogP) is 2.75. The van der Waals surface area contributed by atoms with Crippen molar-refractivity contribution in [2.45, 2.75) is 46.1 Å². The van der Waals surface area contributed by atoms with Crippen molar-refractivity contribution in [2.75, 3.05) is 19.6 Å². The van der Waals surface area contributed by atoms with E-state index >= 15 is 0 Å². The van der Waals surface area contributed by atoms with E-state index in [1.165, 1.54) is 18.4 Å². The van der Waals surface area contributed by atoms with Crippen LogP contribution >= 0.6 is 0 Å². The second kappa shape index (κ2) is 6.91. The van der Waals surface area contributed by atoms with E-state index in [0.717, 1.165) is 56.1 Å². The number of likely N-dealkylation sites (tertiary alicyclic amines) is 1. The monoisotopic (exact) mass is 316 g/mol. The average molecular weight is 316 g/mol. The quantitative estimate of drug-likeness (QED) is 0.878. The highest BCUT2D eigenvalue weighted by molar-refractivity contribution is 5.79. The lowest BCUT2D eigenvalue weighted by Crippen LogP contribution is -2.43. The third-order valence-electron chi connectivity index (χ3n) is 5.23. The molecule has 1 aliphatic heterocycles. The number of nitrogens with one attached hydrogen (secondary N) is 1. The number of aryl methyl sites for hydroxylation is 2. The van der Waals surface area contributed by atoms with Crippen molar-refractivity contribution in [2.24, 2.45) is 11.8 Å². The van der Waals surface area contributed by atoms with Crippen LogP contribution in [0.5, 0.6) is 5.75 Å². The van der Waals surface area contributed by atoms with Gasteiger partial charge in [0.15, 0.2) is 0 Å². The number of carbonyl (C=O) groups is 1. The topological polar surface area (TPSA) is 52.6 Å². The summed E-state index contributed by atoms with van der Waals surface area (Å²) in [6.45, 7) is 7.46. The molecule has 3 rings (SSSR count). The number of benzene rings is 1. The number of phenolic OH excluding ortho intramolecular Hbond substituents is 1. The van der Waals surface area contributed by atoms with Crippen molar-refractivity contribution < 1.29 is 9.90 Å². The Morgan fingerprint density at radius 3 is 2.74 bits per heavy atom. The van der Waals surface area contributed by atoms with Gasteiger partial charge in [-0.3, -0.25) is 9.69 Å². The summed E-state index contributed by atoms with van der Waals surface area (Å²) in [5.74, 6) is 1.40. The summed E-state index contributed by atoms with van der Waals surface area (Å²) in [4.78, 5) is 14.6. The molecule has 1 aliphatic carbocycles. The minimum Gasteiger partial charge on any atom is -0.508 e. The number of aromatic hydroxyl groups is 1. The number of nitrogens with zero attached hydrogens (tertiary/aromatic N) is 1. The molecule has 2 N–H and O–H groups in total. The van der Waals surface area contributed by atoms with Gasteiger partial charge < -0.3 is 10.4 Å². The van der Waals surface area contributed by atoms with Gasteiger partial charge in [-0.15, -0.1) is 0 Å². The highest BCUT2D eigenvalue weighted by Crippen LogP contribution is 2.28. The molecule has 4 heteroatoms. The first kappa shape index (κ1) is 16.3. The Morgan fingerprint density at radius 1 is 1.26 bits per heavy atom. The van der Waals surface area contributed by atoms with Crippen LogP contribution in [0.25, 0.3) is 0 Å². The molecule has 1 aromatic rings. The van der Waals surface area contributed by atoms with Crippen molar-refractivity contribution in [3.05, 3.63) is 28.8 Å². The van der Waals surface area contributed by atoms with E-state index in [-0.39, 0.29) is 11.8 Å². The van der Waals surface area contributed by atoms with Gasteiger partial charge in [0.25, 0.3) is 0 Å². The number of phenols is 1. The first-order chi connectivity index (χ1) is 11.0. The molecule has 23 heavy (non-hydrogen) atoms. The van der Waals surface area contributed by atoms with E-state index in [4.69, 9.17) is 0 Å². The lowest BCUT2D eigenvalue weighted by Gasteiger charge is -2.32. The van der Waals surface area contributed by atoms with Gasteiger partial charge in [-0.25, -0.2) is 0 Å². The highest BCUT2D eigenvalue weighted by Gasteiger charge is 2.28. The van der Waals surface area contributed by atoms with E-state index < -0.39 is 0 Å². The van der Waals surface area contributed by atoms with Crippen LogP contribution in [0.3, 0.4) is 0 Å². The summed E-state index contributed by atoms with van der Waals surface area (Å²) in [6.07, 6.45) is 4.56. The van der Waals surface area contributed by atoms with Crippen molar-refractivity contribution in [3.63, 3.8) is 0 Å². The largest absolute Gasteiger partial charge is 0.508 e. The van der Waals surface area contributed by atoms with Crippen LogP contribution in [0.1, 0.15) is 42.4 Å². The van der Waals surface area contributed by atoms with E-state index in [9.17, 15) is 9.90 Å². The van der Waals surface area contributed by atoms with Gasteiger partial charge in [0.1, 0.15) is 5.75 Å². The Morgan fingerprint density at radius 2 is 2.00 bits per heavy atom. The van der Waals surface area contributed by atoms with E-state index in [2.05, 4.69) is 23.2 Å². The standard InChI is InChI=1S/C19H28N2O2/c1-13-8-17(18(22)9-14(13)2)12-21-7-3-4-16(11-21)19(23)20-10-15-5-6-15/h8-9,15-16,22H,3-7,10-12H2,1-2H3,(H,20,23)/t16-/m1/s1. The Hall–Kier alpha value is -1.55. The molecule has 0 unspecified atom stereocenters. The molecule has 0 bridgehead atoms. The lowest BCUT2D eigenvalue weighted by atomic mass is 9.96. The van der Waals surface area contributed by atoms with Crippen molar-refractivity contribution in [3.8, 4) is 5.75 Å². The second-order valence-corrected chi connectivity index (χ2v) is 7.33. The fourth-order valence-electron chi connectivity index (χ4n) is 3.35. The van der Waals surface area contributed by atoms with Gasteiger partial charge in [0.2, 0.25) is 5.91 Å². The summed E-state index contributed by atoms with van der Waals surface area (Å²) in [5, 5.41) is 13.3. The first-order valence-corrected chi connectivity index (χ1v) is 8.82. The summed E-state index contributed by atoms with van der Waals surface area (Å²) in [5.41, 5.74) is 3.28. The van der Waals surface area contributed by atoms with Crippen LogP contribution < -0.4 is 5.32 Å². The van der Waals surface area contributed by atoms with Gasteiger partial charge in [-0.2, -0.15) is 0 Å². The molecule has 1 saturated carbocycles. The minimum atomic E-state index is 0.0937. The molecular formula is C19H28N2O2. The molecule has 1 amide bonds. The van der Waals surface area contributed by atoms with E-state index in [1.54, 1.807) is 0 Å². The summed E-state index contributed by atoms with van der Waals surface area (Å²) in [7, 11) is 0. The van der Waals surface area contributed by atoms with Gasteiger partial charge in [0.05, 0.1) is 5.92 Å². The van der Waals surface area contributed by atoms with Gasteiger partial charge in [-0.05, 0) is 69.2 Å². The fourth-order valence-corrected chi connectivity index (χ4v) is 3.35. The molecule has 1 atom stereocenters. The molecule has 4 nitrogen and oxygen atoms in total. The molecule has 1 aromatic carbocycles. The summed E-state index contributed by atoms with van der Waals surface area (Å²) in [6, 6.07) is 3.91. The zero-order valence-corrected chi connectivity index (χ0v) is 14.3. The fraction of sp³-hybridized carbons (Fsp3) is 0.632. The minimum absolute atomic E-state index is 0.0937. The molecule has 126 valence electrons. The highest BCUT2D eigenvalue weighted by atomic mass is 16.3. The van der Waals surface area contributed by atoms with Gasteiger partial charge in [0, 0.05) is 25.2 Å². The van der Waals surface area contributed by atoms with Crippen LogP contribution in [0.4, 0.5) is 0 Å². The van der Waals surface area contributed by atoms with E-state index in [1.807, 2.05) is 13.0 Å². The molecule has 1 heterocycles. The predicted molar refractivity (Wildman–Crippen MR) is 91.3 cm³/mol. The maximum absolute atomic E-state index is 12.3. The molecule has 0 radical (unpaired) electrons. The normalized spacial score (nSPS) is 22.1. The van der Waals surface area contributed by atoms with Gasteiger partial charge >= 0.3 is 0 Å². The SMILES string of the molecule is Cc1cc(O)c(CN2CCC[C@@H](C(=O)NCC3CC3)C2)cc1C. The molecule has 0 aromatic heterocycles. The van der Waals surface area contributed by atoms with Crippen molar-refractivity contribution in [1.29, 1.82) is 0 Å². The number of piperidine rings is 1. The smallest absolute Gasteiger partial charge is 0.224 e. The second-order valence-electron chi connectivity index (χ2n) is 7.33. The van der Waals surface area contributed by atoms with Gasteiger partial charge in [-0.1, -0.05) is 6.07 Å². The Bertz CT molecular complexity index is 581. The van der Waals surface area contributed by atoms with Crippen LogP contribution in [-0.2, 0) is 11.3 Å². The number of hydrogen-bond donors (Lipinski definition) is 2. The number of amides is 1. The molecule has 0 spiro atoms. The zero-order chi connectivity index (χ0) is 16.4. The van der Waals surface area contributed by atoms with Crippen molar-refractivity contribution in [1.82, 2.24) is 10.2 Å². The number of rotatable bonds is 5. The third kappa shape index (κ3) is 4.25. The van der Waals surface area contributed by atoms with Crippen LogP contribution in [0.2, 0.25) is 0 Å². The number of carbonyl (C=O) groups excluding carboxylic acids is 1. The molecule has 2 aliphatic rings. The Kier molecular flexibility index (Phi) is 4.90. The summed E-state index contributed by atoms with van der Waals surface area (Å²) >= 11 is 0. The zero-order valence-electron chi connectivity index (χ0n) is 14.3. The van der Waals surface area contributed by atoms with E-state index in [0.29, 0.717) is 5.75 Å². The maximum atomic E-state index is 12.3. The van der Waals surface area contributed by atoms with Crippen LogP contribution in [-0.4, -0.2) is 35.5 Å². The summed E-state index contributed by atoms with van der Waals surface area (Å²) < 4.78 is 0. The first-order valence-electron chi connectivity index (χ1n) is 8.82. The average Bonchev–Trinajstić information content (AvgIpc) is 3.35. The molecule has 2 fully saturated rings. The Labute approximate surface area is 138 Å². The van der Waals surface area contributed by atoms with Crippen LogP contribution in [0.15, 0.2) is 12.1 Å². The number of hydrogen-bond acceptors (Lipinski definition) is 3. The lowest BCUT2D eigenvalue weighted by molar-refractivity contribution is -0.126.